The summed E-state index contributed by atoms with van der Waals surface area (Å²) in [5.41, 5.74) is 0.361. The summed E-state index contributed by atoms with van der Waals surface area (Å²) in [5, 5.41) is 1.73. The van der Waals surface area contributed by atoms with E-state index in [-0.39, 0.29) is 39.0 Å². The summed E-state index contributed by atoms with van der Waals surface area (Å²) in [7, 11) is 0. The quantitative estimate of drug-likeness (QED) is 0.178. The maximum Gasteiger partial charge on any atom is 0.399 e. The van der Waals surface area contributed by atoms with Crippen molar-refractivity contribution in [1.82, 2.24) is 5.32 Å². The molecule has 0 saturated carbocycles. The first-order valence-corrected chi connectivity index (χ1v) is 11.5. The second-order valence-electron chi connectivity index (χ2n) is 7.03. The predicted octanol–water partition coefficient (Wildman–Crippen LogP) is 8.11. The number of hydrogen-bond donors (Lipinski definition) is 1. The Labute approximate surface area is 215 Å². The third-order valence-electron chi connectivity index (χ3n) is 4.53. The topological polar surface area (TPSA) is 46.2 Å². The van der Waals surface area contributed by atoms with E-state index >= 15 is 0 Å². The lowest BCUT2D eigenvalue weighted by molar-refractivity contribution is -0.139. The van der Waals surface area contributed by atoms with Crippen molar-refractivity contribution in [3.05, 3.63) is 72.6 Å². The van der Waals surface area contributed by atoms with Crippen molar-refractivity contribution in [2.45, 2.75) is 31.4 Å². The molecule has 2 aromatic rings. The predicted molar refractivity (Wildman–Crippen MR) is 126 cm³/mol. The SMILES string of the molecule is O=C(CCC(=O)c1ccc(/C=C/C(c2cc(Cl)c(Cl)c(Cl)c2)C(F)(F)F)cc1Br)NCC(F)F. The minimum atomic E-state index is -4.64. The van der Waals surface area contributed by atoms with Gasteiger partial charge in [-0.05, 0) is 35.4 Å². The van der Waals surface area contributed by atoms with Crippen molar-refractivity contribution in [2.24, 2.45) is 0 Å². The number of hydrogen-bond acceptors (Lipinski definition) is 2. The summed E-state index contributed by atoms with van der Waals surface area (Å²) in [4.78, 5) is 23.8. The van der Waals surface area contributed by atoms with Gasteiger partial charge < -0.3 is 5.32 Å². The van der Waals surface area contributed by atoms with Gasteiger partial charge in [-0.2, -0.15) is 13.2 Å². The molecule has 0 saturated heterocycles. The van der Waals surface area contributed by atoms with Crippen LogP contribution in [0.1, 0.15) is 40.2 Å². The molecular weight excluding hydrogens is 592 g/mol. The minimum absolute atomic E-state index is 0.0484. The van der Waals surface area contributed by atoms with E-state index in [4.69, 9.17) is 34.8 Å². The zero-order chi connectivity index (χ0) is 25.6. The monoisotopic (exact) mass is 605 g/mol. The standard InChI is InChI=1S/C22H16BrCl3F5NO2/c23-15-7-11(1-3-13(15)18(33)5-6-20(34)32-10-19(27)28)2-4-14(22(29,30)31)12-8-16(24)21(26)17(25)9-12/h1-4,7-9,14,19H,5-6,10H2,(H,32,34)/b4-2+. The first-order chi connectivity index (χ1) is 15.8. The van der Waals surface area contributed by atoms with E-state index in [1.807, 2.05) is 5.32 Å². The Kier molecular flexibility index (Phi) is 10.4. The second-order valence-corrected chi connectivity index (χ2v) is 9.08. The Balaban J connectivity index is 2.17. The summed E-state index contributed by atoms with van der Waals surface area (Å²) < 4.78 is 65.5. The molecular formula is C22H16BrCl3F5NO2. The van der Waals surface area contributed by atoms with Gasteiger partial charge in [0.2, 0.25) is 5.91 Å². The highest BCUT2D eigenvalue weighted by molar-refractivity contribution is 9.10. The molecule has 1 N–H and O–H groups in total. The summed E-state index contributed by atoms with van der Waals surface area (Å²) in [6.07, 6.45) is -5.69. The lowest BCUT2D eigenvalue weighted by Gasteiger charge is -2.18. The summed E-state index contributed by atoms with van der Waals surface area (Å²) in [5.74, 6) is -3.15. The molecule has 34 heavy (non-hydrogen) atoms. The Morgan fingerprint density at radius 1 is 1.03 bits per heavy atom. The Morgan fingerprint density at radius 2 is 1.65 bits per heavy atom. The summed E-state index contributed by atoms with van der Waals surface area (Å²) >= 11 is 20.8. The van der Waals surface area contributed by atoms with Crippen LogP contribution >= 0.6 is 50.7 Å². The number of rotatable bonds is 9. The molecule has 0 heterocycles. The highest BCUT2D eigenvalue weighted by Gasteiger charge is 2.39. The molecule has 0 spiro atoms. The van der Waals surface area contributed by atoms with Crippen molar-refractivity contribution in [3.63, 3.8) is 0 Å². The molecule has 0 aromatic heterocycles. The van der Waals surface area contributed by atoms with Crippen molar-refractivity contribution < 1.29 is 31.5 Å². The molecule has 0 aliphatic heterocycles. The molecule has 0 aliphatic carbocycles. The van der Waals surface area contributed by atoms with Crippen LogP contribution in [0.5, 0.6) is 0 Å². The zero-order valence-corrected chi connectivity index (χ0v) is 20.9. The number of benzene rings is 2. The molecule has 0 fully saturated rings. The van der Waals surface area contributed by atoms with Crippen molar-refractivity contribution >= 4 is 68.5 Å². The largest absolute Gasteiger partial charge is 0.399 e. The van der Waals surface area contributed by atoms with E-state index in [0.717, 1.165) is 18.2 Å². The Morgan fingerprint density at radius 3 is 2.18 bits per heavy atom. The van der Waals surface area contributed by atoms with Gasteiger partial charge in [-0.15, -0.1) is 0 Å². The van der Waals surface area contributed by atoms with Crippen LogP contribution in [0.3, 0.4) is 0 Å². The molecule has 2 aromatic carbocycles. The third-order valence-corrected chi connectivity index (χ3v) is 6.38. The highest BCUT2D eigenvalue weighted by Crippen LogP contribution is 2.41. The molecule has 2 rings (SSSR count). The minimum Gasteiger partial charge on any atom is -0.350 e. The van der Waals surface area contributed by atoms with Gasteiger partial charge in [-0.1, -0.05) is 69.0 Å². The average molecular weight is 608 g/mol. The van der Waals surface area contributed by atoms with Crippen molar-refractivity contribution in [3.8, 4) is 0 Å². The van der Waals surface area contributed by atoms with Crippen molar-refractivity contribution in [2.75, 3.05) is 6.54 Å². The van der Waals surface area contributed by atoms with Crippen LogP contribution in [0.4, 0.5) is 22.0 Å². The van der Waals surface area contributed by atoms with Gasteiger partial charge in [-0.25, -0.2) is 8.78 Å². The van der Waals surface area contributed by atoms with Gasteiger partial charge >= 0.3 is 6.18 Å². The molecule has 0 radical (unpaired) electrons. The number of carbonyl (C=O) groups is 2. The molecule has 1 amide bonds. The van der Waals surface area contributed by atoms with E-state index in [1.54, 1.807) is 0 Å². The van der Waals surface area contributed by atoms with Crippen LogP contribution in [0.2, 0.25) is 15.1 Å². The average Bonchev–Trinajstić information content (AvgIpc) is 2.73. The fourth-order valence-electron chi connectivity index (χ4n) is 2.87. The number of alkyl halides is 5. The first kappa shape index (κ1) is 28.6. The number of halogens is 9. The van der Waals surface area contributed by atoms with E-state index in [1.165, 1.54) is 24.3 Å². The number of nitrogens with one attached hydrogen (secondary N) is 1. The highest BCUT2D eigenvalue weighted by atomic mass is 79.9. The van der Waals surface area contributed by atoms with Crippen LogP contribution in [0.25, 0.3) is 6.08 Å². The lowest BCUT2D eigenvalue weighted by Crippen LogP contribution is -2.28. The number of Topliss-reactive ketones (excluding diaryl/α,β-unsaturated/α-hetero) is 1. The number of carbonyl (C=O) groups excluding carboxylic acids is 2. The van der Waals surface area contributed by atoms with E-state index in [9.17, 15) is 31.5 Å². The van der Waals surface area contributed by atoms with Gasteiger partial charge in [0.15, 0.2) is 5.78 Å². The number of amides is 1. The second kappa shape index (κ2) is 12.3. The van der Waals surface area contributed by atoms with Gasteiger partial charge in [-0.3, -0.25) is 9.59 Å². The Hall–Kier alpha value is -1.68. The van der Waals surface area contributed by atoms with Crippen LogP contribution in [-0.2, 0) is 4.79 Å². The van der Waals surface area contributed by atoms with Gasteiger partial charge in [0, 0.05) is 22.9 Å². The van der Waals surface area contributed by atoms with Gasteiger partial charge in [0.1, 0.15) is 0 Å². The maximum atomic E-state index is 13.7. The number of ketones is 1. The van der Waals surface area contributed by atoms with Gasteiger partial charge in [0.25, 0.3) is 6.43 Å². The smallest absolute Gasteiger partial charge is 0.350 e. The normalized spacial score (nSPS) is 12.9. The van der Waals surface area contributed by atoms with Crippen LogP contribution in [0.15, 0.2) is 40.9 Å². The van der Waals surface area contributed by atoms with Crippen LogP contribution in [-0.4, -0.2) is 30.8 Å². The summed E-state index contributed by atoms with van der Waals surface area (Å²) in [6, 6.07) is 6.44. The van der Waals surface area contributed by atoms with Gasteiger partial charge in [0.05, 0.1) is 27.5 Å². The molecule has 3 nitrogen and oxygen atoms in total. The van der Waals surface area contributed by atoms with E-state index < -0.39 is 36.8 Å². The molecule has 12 heteroatoms. The van der Waals surface area contributed by atoms with Crippen LogP contribution < -0.4 is 5.32 Å². The Bertz CT molecular complexity index is 1070. The number of allylic oxidation sites excluding steroid dienone is 1. The zero-order valence-electron chi connectivity index (χ0n) is 17.0. The molecule has 184 valence electrons. The van der Waals surface area contributed by atoms with Crippen molar-refractivity contribution in [1.29, 1.82) is 0 Å². The van der Waals surface area contributed by atoms with E-state index in [0.29, 0.717) is 10.0 Å². The fraction of sp³-hybridized carbons (Fsp3) is 0.273. The lowest BCUT2D eigenvalue weighted by atomic mass is 9.96. The molecule has 1 unspecified atom stereocenters. The first-order valence-electron chi connectivity index (χ1n) is 9.56. The molecule has 1 atom stereocenters. The molecule has 0 bridgehead atoms. The maximum absolute atomic E-state index is 13.7. The fourth-order valence-corrected chi connectivity index (χ4v) is 4.10. The molecule has 0 aliphatic rings. The van der Waals surface area contributed by atoms with E-state index in [2.05, 4.69) is 15.9 Å². The third kappa shape index (κ3) is 8.22. The van der Waals surface area contributed by atoms with Crippen LogP contribution in [0, 0.1) is 0 Å². The summed E-state index contributed by atoms with van der Waals surface area (Å²) in [6.45, 7) is -0.800.